The molecule has 0 bridgehead atoms. The number of ether oxygens (including phenoxy) is 1. The molecule has 4 N–H and O–H groups in total. The third-order valence-corrected chi connectivity index (χ3v) is 6.67. The van der Waals surface area contributed by atoms with E-state index >= 15 is 0 Å². The molecule has 9 heteroatoms. The van der Waals surface area contributed by atoms with Crippen molar-refractivity contribution in [2.24, 2.45) is 5.92 Å². The zero-order valence-electron chi connectivity index (χ0n) is 19.2. The lowest BCUT2D eigenvalue weighted by Crippen LogP contribution is -2.55. The van der Waals surface area contributed by atoms with Crippen LogP contribution in [0.15, 0.2) is 30.6 Å². The van der Waals surface area contributed by atoms with Crippen molar-refractivity contribution in [1.29, 1.82) is 0 Å². The van der Waals surface area contributed by atoms with Gasteiger partial charge < -0.3 is 20.7 Å². The van der Waals surface area contributed by atoms with Gasteiger partial charge in [0.1, 0.15) is 5.75 Å². The Labute approximate surface area is 194 Å². The Morgan fingerprint density at radius 1 is 1.12 bits per heavy atom. The lowest BCUT2D eigenvalue weighted by Gasteiger charge is -2.40. The Hall–Kier alpha value is -3.20. The van der Waals surface area contributed by atoms with Gasteiger partial charge in [-0.2, -0.15) is 0 Å². The maximum Gasteiger partial charge on any atom is 0.324 e. The maximum atomic E-state index is 13.2. The highest BCUT2D eigenvalue weighted by Gasteiger charge is 2.42. The number of nitrogens with zero attached hydrogens (tertiary/aromatic N) is 2. The molecule has 176 valence electrons. The van der Waals surface area contributed by atoms with Crippen LogP contribution in [0, 0.1) is 12.8 Å². The fourth-order valence-corrected chi connectivity index (χ4v) is 4.88. The lowest BCUT2D eigenvalue weighted by atomic mass is 9.74. The van der Waals surface area contributed by atoms with Crippen molar-refractivity contribution in [3.63, 3.8) is 0 Å². The van der Waals surface area contributed by atoms with Gasteiger partial charge in [-0.1, -0.05) is 19.3 Å². The number of anilines is 2. The minimum absolute atomic E-state index is 0.117. The molecule has 1 saturated carbocycles. The second kappa shape index (κ2) is 10.2. The molecule has 1 aliphatic heterocycles. The van der Waals surface area contributed by atoms with Crippen LogP contribution in [-0.2, 0) is 0 Å². The number of aromatic nitrogens is 2. The first kappa shape index (κ1) is 23.0. The third kappa shape index (κ3) is 5.42. The van der Waals surface area contributed by atoms with Crippen molar-refractivity contribution in [2.75, 3.05) is 30.8 Å². The molecule has 0 spiro atoms. The zero-order valence-corrected chi connectivity index (χ0v) is 19.2. The number of carbonyl (C=O) groups excluding carboxylic acids is 2. The van der Waals surface area contributed by atoms with Crippen LogP contribution in [0.25, 0.3) is 0 Å². The van der Waals surface area contributed by atoms with Crippen LogP contribution in [-0.4, -0.2) is 47.6 Å². The first-order valence-electron chi connectivity index (χ1n) is 11.6. The van der Waals surface area contributed by atoms with Crippen molar-refractivity contribution < 1.29 is 14.3 Å². The van der Waals surface area contributed by atoms with Crippen molar-refractivity contribution in [2.45, 2.75) is 51.0 Å². The molecule has 1 aromatic heterocycles. The van der Waals surface area contributed by atoms with E-state index in [1.165, 1.54) is 32.6 Å². The van der Waals surface area contributed by atoms with Gasteiger partial charge in [0, 0.05) is 12.1 Å². The second-order valence-electron chi connectivity index (χ2n) is 8.91. The number of hydrogen-bond acceptors (Lipinski definition) is 6. The fourth-order valence-electron chi connectivity index (χ4n) is 4.88. The molecule has 3 amide bonds. The number of carbonyl (C=O) groups is 2. The lowest BCUT2D eigenvalue weighted by molar-refractivity contribution is 0.0838. The molecule has 2 aromatic rings. The predicted molar refractivity (Wildman–Crippen MR) is 127 cm³/mol. The summed E-state index contributed by atoms with van der Waals surface area (Å²) in [5.74, 6) is 1.13. The highest BCUT2D eigenvalue weighted by Crippen LogP contribution is 2.37. The van der Waals surface area contributed by atoms with Crippen molar-refractivity contribution >= 4 is 23.4 Å². The topological polar surface area (TPSA) is 117 Å². The quantitative estimate of drug-likeness (QED) is 0.533. The molecule has 0 unspecified atom stereocenters. The number of hydrogen-bond donors (Lipinski definition) is 4. The molecule has 1 aliphatic carbocycles. The van der Waals surface area contributed by atoms with Crippen LogP contribution in [0.2, 0.25) is 0 Å². The summed E-state index contributed by atoms with van der Waals surface area (Å²) in [6.45, 7) is 3.55. The van der Waals surface area contributed by atoms with E-state index in [0.29, 0.717) is 28.7 Å². The number of methoxy groups -OCH3 is 1. The molecule has 4 rings (SSSR count). The van der Waals surface area contributed by atoms with Crippen LogP contribution < -0.4 is 26.0 Å². The average molecular weight is 453 g/mol. The summed E-state index contributed by atoms with van der Waals surface area (Å²) in [4.78, 5) is 33.8. The summed E-state index contributed by atoms with van der Waals surface area (Å²) in [6.07, 6.45) is 10.1. The predicted octanol–water partition coefficient (Wildman–Crippen LogP) is 3.48. The second-order valence-corrected chi connectivity index (χ2v) is 8.91. The first-order valence-corrected chi connectivity index (χ1v) is 11.6. The van der Waals surface area contributed by atoms with Crippen LogP contribution in [0.3, 0.4) is 0 Å². The van der Waals surface area contributed by atoms with E-state index in [1.807, 2.05) is 6.92 Å². The van der Waals surface area contributed by atoms with Gasteiger partial charge in [0.2, 0.25) is 0 Å². The summed E-state index contributed by atoms with van der Waals surface area (Å²) in [7, 11) is 1.51. The highest BCUT2D eigenvalue weighted by molar-refractivity contribution is 6.01. The molecular weight excluding hydrogens is 420 g/mol. The average Bonchev–Trinajstić information content (AvgIpc) is 3.31. The molecule has 9 nitrogen and oxygen atoms in total. The number of nitrogens with one attached hydrogen (secondary N) is 4. The largest absolute Gasteiger partial charge is 0.495 e. The van der Waals surface area contributed by atoms with Crippen LogP contribution in [0.1, 0.15) is 54.6 Å². The summed E-state index contributed by atoms with van der Waals surface area (Å²) in [6, 6.07) is 4.56. The standard InChI is InChI=1S/C24H32N6O3/c1-16-13-27-21(14-26-16)29-23(32)28-19-9-8-17(12-20(19)33-2)22(31)30-24(10-11-25-15-24)18-6-4-3-5-7-18/h8-9,12-14,18,25H,3-7,10-11,15H2,1-2H3,(H,30,31)(H2,27,28,29,32)/t24-/m0/s1. The number of amides is 3. The Morgan fingerprint density at radius 3 is 2.61 bits per heavy atom. The smallest absolute Gasteiger partial charge is 0.324 e. The fraction of sp³-hybridized carbons (Fsp3) is 0.500. The van der Waals surface area contributed by atoms with Crippen LogP contribution in [0.5, 0.6) is 5.75 Å². The molecule has 1 atom stereocenters. The summed E-state index contributed by atoms with van der Waals surface area (Å²) in [5.41, 5.74) is 1.52. The highest BCUT2D eigenvalue weighted by atomic mass is 16.5. The van der Waals surface area contributed by atoms with Gasteiger partial charge in [-0.15, -0.1) is 0 Å². The Balaban J connectivity index is 1.44. The number of aryl methyl sites for hydroxylation is 1. The van der Waals surface area contributed by atoms with E-state index in [4.69, 9.17) is 4.74 Å². The molecule has 1 aromatic carbocycles. The van der Waals surface area contributed by atoms with Crippen molar-refractivity contribution in [3.8, 4) is 5.75 Å². The SMILES string of the molecule is COc1cc(C(=O)N[C@@]2(C3CCCCC3)CCNC2)ccc1NC(=O)Nc1cnc(C)cn1. The van der Waals surface area contributed by atoms with Gasteiger partial charge in [0.05, 0.1) is 36.4 Å². The van der Waals surface area contributed by atoms with Crippen LogP contribution in [0.4, 0.5) is 16.3 Å². The molecule has 33 heavy (non-hydrogen) atoms. The van der Waals surface area contributed by atoms with Gasteiger partial charge in [-0.3, -0.25) is 15.1 Å². The van der Waals surface area contributed by atoms with E-state index in [0.717, 1.165) is 38.0 Å². The zero-order chi connectivity index (χ0) is 23.3. The van der Waals surface area contributed by atoms with Crippen molar-refractivity contribution in [3.05, 3.63) is 41.9 Å². The van der Waals surface area contributed by atoms with Gasteiger partial charge >= 0.3 is 6.03 Å². The molecule has 2 fully saturated rings. The van der Waals surface area contributed by atoms with Crippen LogP contribution >= 0.6 is 0 Å². The molecule has 2 heterocycles. The van der Waals surface area contributed by atoms with Crippen molar-refractivity contribution in [1.82, 2.24) is 20.6 Å². The summed E-state index contributed by atoms with van der Waals surface area (Å²) < 4.78 is 5.45. The van der Waals surface area contributed by atoms with E-state index < -0.39 is 6.03 Å². The number of urea groups is 1. The van der Waals surface area contributed by atoms with Gasteiger partial charge in [0.15, 0.2) is 5.82 Å². The minimum Gasteiger partial charge on any atom is -0.495 e. The molecular formula is C24H32N6O3. The Kier molecular flexibility index (Phi) is 7.08. The Bertz CT molecular complexity index is 982. The van der Waals surface area contributed by atoms with Gasteiger partial charge in [0.25, 0.3) is 5.91 Å². The first-order chi connectivity index (χ1) is 16.0. The molecule has 2 aliphatic rings. The number of rotatable bonds is 6. The minimum atomic E-state index is -0.475. The normalized spacial score (nSPS) is 20.8. The third-order valence-electron chi connectivity index (χ3n) is 6.67. The van der Waals surface area contributed by atoms with E-state index in [-0.39, 0.29) is 11.4 Å². The monoisotopic (exact) mass is 452 g/mol. The van der Waals surface area contributed by atoms with E-state index in [9.17, 15) is 9.59 Å². The van der Waals surface area contributed by atoms with E-state index in [1.54, 1.807) is 24.4 Å². The van der Waals surface area contributed by atoms with Gasteiger partial charge in [-0.05, 0) is 56.8 Å². The maximum absolute atomic E-state index is 13.2. The number of benzene rings is 1. The van der Waals surface area contributed by atoms with E-state index in [2.05, 4.69) is 31.2 Å². The molecule has 1 saturated heterocycles. The molecule has 0 radical (unpaired) electrons. The van der Waals surface area contributed by atoms with Gasteiger partial charge in [-0.25, -0.2) is 9.78 Å². The summed E-state index contributed by atoms with van der Waals surface area (Å²) >= 11 is 0. The summed E-state index contributed by atoms with van der Waals surface area (Å²) in [5, 5.41) is 12.2. The Morgan fingerprint density at radius 2 is 1.94 bits per heavy atom.